The Morgan fingerprint density at radius 2 is 1.71 bits per heavy atom. The molecule has 1 aromatic carbocycles. The highest BCUT2D eigenvalue weighted by Crippen LogP contribution is 2.25. The molecule has 0 unspecified atom stereocenters. The van der Waals surface area contributed by atoms with Crippen LogP contribution < -0.4 is 15.4 Å². The van der Waals surface area contributed by atoms with Crippen molar-refractivity contribution >= 4 is 11.6 Å². The first-order valence-electron chi connectivity index (χ1n) is 8.12. The van der Waals surface area contributed by atoms with E-state index < -0.39 is 0 Å². The van der Waals surface area contributed by atoms with Crippen molar-refractivity contribution < 1.29 is 9.53 Å². The number of carbonyl (C=O) groups excluding carboxylic acids is 1. The van der Waals surface area contributed by atoms with Gasteiger partial charge in [0.1, 0.15) is 11.8 Å². The molecule has 0 radical (unpaired) electrons. The van der Waals surface area contributed by atoms with Crippen LogP contribution in [0, 0.1) is 0 Å². The lowest BCUT2D eigenvalue weighted by Gasteiger charge is -2.17. The molecule has 1 amide bonds. The topological polar surface area (TPSA) is 50.4 Å². The molecule has 1 atom stereocenters. The monoisotopic (exact) mass is 288 g/mol. The van der Waals surface area contributed by atoms with E-state index in [0.29, 0.717) is 6.10 Å². The molecule has 4 heteroatoms. The van der Waals surface area contributed by atoms with Gasteiger partial charge in [0.2, 0.25) is 5.91 Å². The number of nitrogens with one attached hydrogen (secondary N) is 2. The molecule has 0 spiro atoms. The molecule has 21 heavy (non-hydrogen) atoms. The summed E-state index contributed by atoms with van der Waals surface area (Å²) in [7, 11) is 0. The summed E-state index contributed by atoms with van der Waals surface area (Å²) in [5, 5.41) is 6.27. The lowest BCUT2D eigenvalue weighted by Crippen LogP contribution is -2.37. The van der Waals surface area contributed by atoms with Gasteiger partial charge in [0.25, 0.3) is 0 Å². The number of carbonyl (C=O) groups is 1. The number of ether oxygens (including phenoxy) is 1. The van der Waals surface area contributed by atoms with Gasteiger partial charge in [-0.25, -0.2) is 0 Å². The molecule has 1 aromatic rings. The number of anilines is 1. The van der Waals surface area contributed by atoms with E-state index in [0.717, 1.165) is 37.2 Å². The Labute approximate surface area is 126 Å². The Balaban J connectivity index is 1.57. The molecule has 114 valence electrons. The van der Waals surface area contributed by atoms with Crippen molar-refractivity contribution in [3.05, 3.63) is 24.3 Å². The summed E-state index contributed by atoms with van der Waals surface area (Å²) in [6, 6.07) is 7.88. The van der Waals surface area contributed by atoms with Crippen LogP contribution in [0.5, 0.6) is 5.75 Å². The third-order valence-corrected chi connectivity index (χ3v) is 4.34. The molecule has 1 aliphatic heterocycles. The predicted molar refractivity (Wildman–Crippen MR) is 83.6 cm³/mol. The number of rotatable bonds is 4. The highest BCUT2D eigenvalue weighted by molar-refractivity contribution is 5.84. The first kappa shape index (κ1) is 14.2. The van der Waals surface area contributed by atoms with Gasteiger partial charge in [-0.15, -0.1) is 0 Å². The fourth-order valence-electron chi connectivity index (χ4n) is 3.11. The lowest BCUT2D eigenvalue weighted by atomic mass is 10.1. The summed E-state index contributed by atoms with van der Waals surface area (Å²) in [6.07, 6.45) is 8.33. The maximum Gasteiger partial charge on any atom is 0.242 e. The van der Waals surface area contributed by atoms with Crippen LogP contribution in [0.3, 0.4) is 0 Å². The van der Waals surface area contributed by atoms with Crippen LogP contribution in [0.15, 0.2) is 24.3 Å². The smallest absolute Gasteiger partial charge is 0.242 e. The predicted octanol–water partition coefficient (Wildman–Crippen LogP) is 3.09. The maximum absolute atomic E-state index is 11.9. The summed E-state index contributed by atoms with van der Waals surface area (Å²) in [5.74, 6) is 1.04. The highest BCUT2D eigenvalue weighted by atomic mass is 16.5. The van der Waals surface area contributed by atoms with Crippen molar-refractivity contribution in [1.29, 1.82) is 0 Å². The minimum Gasteiger partial charge on any atom is -0.490 e. The van der Waals surface area contributed by atoms with E-state index in [9.17, 15) is 4.79 Å². The van der Waals surface area contributed by atoms with Gasteiger partial charge in [-0.3, -0.25) is 4.79 Å². The SMILES string of the molecule is O=C1NCCCC[C@H]1Nc1ccc(OC2CCCC2)cc1. The minimum atomic E-state index is -0.117. The van der Waals surface area contributed by atoms with Crippen LogP contribution in [0.2, 0.25) is 0 Å². The van der Waals surface area contributed by atoms with Gasteiger partial charge in [0.15, 0.2) is 0 Å². The van der Waals surface area contributed by atoms with Crippen molar-refractivity contribution in [3.63, 3.8) is 0 Å². The van der Waals surface area contributed by atoms with Gasteiger partial charge in [0.05, 0.1) is 6.10 Å². The van der Waals surface area contributed by atoms with Gasteiger partial charge in [0, 0.05) is 12.2 Å². The van der Waals surface area contributed by atoms with E-state index >= 15 is 0 Å². The van der Waals surface area contributed by atoms with E-state index in [2.05, 4.69) is 10.6 Å². The first-order chi connectivity index (χ1) is 10.3. The normalized spacial score (nSPS) is 23.4. The molecule has 4 nitrogen and oxygen atoms in total. The summed E-state index contributed by atoms with van der Waals surface area (Å²) in [5.41, 5.74) is 0.982. The fraction of sp³-hybridized carbons (Fsp3) is 0.588. The van der Waals surface area contributed by atoms with Gasteiger partial charge >= 0.3 is 0 Å². The summed E-state index contributed by atoms with van der Waals surface area (Å²) in [4.78, 5) is 11.9. The standard InChI is InChI=1S/C17H24N2O2/c20-17-16(7-3-4-12-18-17)19-13-8-10-15(11-9-13)21-14-5-1-2-6-14/h8-11,14,16,19H,1-7,12H2,(H,18,20)/t16-/m1/s1. The molecule has 0 aromatic heterocycles. The third kappa shape index (κ3) is 3.90. The Hall–Kier alpha value is -1.71. The van der Waals surface area contributed by atoms with Gasteiger partial charge in [-0.05, 0) is 69.2 Å². The van der Waals surface area contributed by atoms with Crippen LogP contribution in [-0.4, -0.2) is 24.6 Å². The van der Waals surface area contributed by atoms with E-state index in [1.165, 1.54) is 25.7 Å². The molecule has 1 heterocycles. The zero-order valence-electron chi connectivity index (χ0n) is 12.4. The maximum atomic E-state index is 11.9. The first-order valence-corrected chi connectivity index (χ1v) is 8.12. The third-order valence-electron chi connectivity index (χ3n) is 4.34. The van der Waals surface area contributed by atoms with Crippen LogP contribution in [0.25, 0.3) is 0 Å². The summed E-state index contributed by atoms with van der Waals surface area (Å²) in [6.45, 7) is 0.797. The second-order valence-electron chi connectivity index (χ2n) is 6.03. The Morgan fingerprint density at radius 3 is 2.48 bits per heavy atom. The van der Waals surface area contributed by atoms with Crippen molar-refractivity contribution in [2.75, 3.05) is 11.9 Å². The van der Waals surface area contributed by atoms with Crippen LogP contribution in [0.4, 0.5) is 5.69 Å². The van der Waals surface area contributed by atoms with E-state index in [1.807, 2.05) is 24.3 Å². The molecule has 1 aliphatic carbocycles. The van der Waals surface area contributed by atoms with Gasteiger partial charge in [-0.1, -0.05) is 0 Å². The van der Waals surface area contributed by atoms with Crippen molar-refractivity contribution in [1.82, 2.24) is 5.32 Å². The van der Waals surface area contributed by atoms with E-state index in [4.69, 9.17) is 4.74 Å². The molecular weight excluding hydrogens is 264 g/mol. The minimum absolute atomic E-state index is 0.110. The average Bonchev–Trinajstić information content (AvgIpc) is 2.92. The molecule has 2 fully saturated rings. The Bertz CT molecular complexity index is 466. The van der Waals surface area contributed by atoms with Crippen LogP contribution in [-0.2, 0) is 4.79 Å². The zero-order chi connectivity index (χ0) is 14.5. The van der Waals surface area contributed by atoms with Crippen LogP contribution >= 0.6 is 0 Å². The molecule has 0 bridgehead atoms. The average molecular weight is 288 g/mol. The molecule has 1 saturated heterocycles. The number of hydrogen-bond donors (Lipinski definition) is 2. The number of hydrogen-bond acceptors (Lipinski definition) is 3. The summed E-state index contributed by atoms with van der Waals surface area (Å²) >= 11 is 0. The molecule has 2 N–H and O–H groups in total. The Morgan fingerprint density at radius 1 is 1.00 bits per heavy atom. The summed E-state index contributed by atoms with van der Waals surface area (Å²) < 4.78 is 5.95. The number of benzene rings is 1. The molecule has 1 saturated carbocycles. The quantitative estimate of drug-likeness (QED) is 0.895. The molecule has 2 aliphatic rings. The van der Waals surface area contributed by atoms with Crippen molar-refractivity contribution in [2.45, 2.75) is 57.1 Å². The largest absolute Gasteiger partial charge is 0.490 e. The molecule has 3 rings (SSSR count). The fourth-order valence-corrected chi connectivity index (χ4v) is 3.11. The lowest BCUT2D eigenvalue weighted by molar-refractivity contribution is -0.121. The van der Waals surface area contributed by atoms with Crippen LogP contribution in [0.1, 0.15) is 44.9 Å². The zero-order valence-corrected chi connectivity index (χ0v) is 12.4. The van der Waals surface area contributed by atoms with E-state index in [-0.39, 0.29) is 11.9 Å². The van der Waals surface area contributed by atoms with Gasteiger partial charge in [-0.2, -0.15) is 0 Å². The van der Waals surface area contributed by atoms with Gasteiger partial charge < -0.3 is 15.4 Å². The second-order valence-corrected chi connectivity index (χ2v) is 6.03. The molecular formula is C17H24N2O2. The Kier molecular flexibility index (Phi) is 4.63. The second kappa shape index (κ2) is 6.83. The van der Waals surface area contributed by atoms with E-state index in [1.54, 1.807) is 0 Å². The number of amides is 1. The van der Waals surface area contributed by atoms with Crippen molar-refractivity contribution in [3.8, 4) is 5.75 Å². The highest BCUT2D eigenvalue weighted by Gasteiger charge is 2.20. The van der Waals surface area contributed by atoms with Crippen molar-refractivity contribution in [2.24, 2.45) is 0 Å².